The van der Waals surface area contributed by atoms with Gasteiger partial charge in [0, 0.05) is 10.0 Å². The summed E-state index contributed by atoms with van der Waals surface area (Å²) < 4.78 is 0. The van der Waals surface area contributed by atoms with Crippen LogP contribution < -0.4 is 9.96 Å². The number of hydrogen-bond donors (Lipinski definition) is 0. The van der Waals surface area contributed by atoms with E-state index in [2.05, 4.69) is 0 Å². The Balaban J connectivity index is 1.58. The van der Waals surface area contributed by atoms with Crippen LogP contribution >= 0.6 is 23.2 Å². The van der Waals surface area contributed by atoms with Crippen LogP contribution in [-0.2, 0) is 14.4 Å². The number of hydrogen-bond acceptors (Lipinski definition) is 4. The summed E-state index contributed by atoms with van der Waals surface area (Å²) in [5, 5.41) is 2.75. The molecule has 2 fully saturated rings. The zero-order chi connectivity index (χ0) is 21.7. The lowest BCUT2D eigenvalue weighted by atomic mass is 9.90. The Bertz CT molecular complexity index is 1170. The molecule has 0 aromatic heterocycles. The Labute approximate surface area is 189 Å². The Morgan fingerprint density at radius 3 is 2.23 bits per heavy atom. The maximum absolute atomic E-state index is 13.6. The van der Waals surface area contributed by atoms with E-state index in [9.17, 15) is 9.59 Å². The third-order valence-electron chi connectivity index (χ3n) is 5.75. The highest BCUT2D eigenvalue weighted by Gasteiger charge is 2.60. The van der Waals surface area contributed by atoms with Gasteiger partial charge in [0.25, 0.3) is 5.91 Å². The summed E-state index contributed by atoms with van der Waals surface area (Å²) in [5.41, 5.74) is 2.92. The average molecular weight is 453 g/mol. The molecule has 2 amide bonds. The van der Waals surface area contributed by atoms with Crippen molar-refractivity contribution < 1.29 is 14.4 Å². The van der Waals surface area contributed by atoms with Crippen LogP contribution in [0.2, 0.25) is 10.0 Å². The van der Waals surface area contributed by atoms with Crippen molar-refractivity contribution >= 4 is 46.4 Å². The van der Waals surface area contributed by atoms with Crippen LogP contribution in [0.5, 0.6) is 0 Å². The number of aryl methyl sites for hydroxylation is 1. The van der Waals surface area contributed by atoms with Gasteiger partial charge in [0.2, 0.25) is 5.91 Å². The van der Waals surface area contributed by atoms with Gasteiger partial charge in [0.05, 0.1) is 17.4 Å². The van der Waals surface area contributed by atoms with E-state index in [0.717, 1.165) is 16.8 Å². The summed E-state index contributed by atoms with van der Waals surface area (Å²) in [4.78, 5) is 34.1. The lowest BCUT2D eigenvalue weighted by molar-refractivity contribution is -0.126. The summed E-state index contributed by atoms with van der Waals surface area (Å²) in [5.74, 6) is -1.41. The van der Waals surface area contributed by atoms with Gasteiger partial charge in [-0.25, -0.2) is 9.96 Å². The van der Waals surface area contributed by atoms with Crippen molar-refractivity contribution in [1.29, 1.82) is 0 Å². The van der Waals surface area contributed by atoms with Crippen LogP contribution in [0.15, 0.2) is 72.8 Å². The molecule has 0 bridgehead atoms. The Kier molecular flexibility index (Phi) is 4.97. The van der Waals surface area contributed by atoms with Crippen LogP contribution in [0.25, 0.3) is 0 Å². The molecular formula is C24H18Cl2N2O3. The average Bonchev–Trinajstić information content (AvgIpc) is 3.28. The van der Waals surface area contributed by atoms with Gasteiger partial charge >= 0.3 is 0 Å². The van der Waals surface area contributed by atoms with E-state index in [1.54, 1.807) is 35.4 Å². The predicted molar refractivity (Wildman–Crippen MR) is 120 cm³/mol. The van der Waals surface area contributed by atoms with Crippen LogP contribution in [0.3, 0.4) is 0 Å². The van der Waals surface area contributed by atoms with Gasteiger partial charge in [0.15, 0.2) is 6.10 Å². The molecule has 0 unspecified atom stereocenters. The van der Waals surface area contributed by atoms with E-state index < -0.39 is 24.0 Å². The van der Waals surface area contributed by atoms with Gasteiger partial charge in [-0.15, -0.1) is 0 Å². The second kappa shape index (κ2) is 7.68. The van der Waals surface area contributed by atoms with Crippen molar-refractivity contribution in [3.05, 3.63) is 94.0 Å². The number of carbonyl (C=O) groups is 2. The molecule has 2 heterocycles. The number of para-hydroxylation sites is 1. The van der Waals surface area contributed by atoms with E-state index in [1.807, 2.05) is 49.4 Å². The highest BCUT2D eigenvalue weighted by molar-refractivity contribution is 6.32. The van der Waals surface area contributed by atoms with Crippen LogP contribution in [0.1, 0.15) is 17.2 Å². The molecule has 156 valence electrons. The fourth-order valence-electron chi connectivity index (χ4n) is 4.19. The number of anilines is 2. The molecule has 5 rings (SSSR count). The molecular weight excluding hydrogens is 435 g/mol. The second-order valence-electron chi connectivity index (χ2n) is 7.65. The molecule has 0 aliphatic carbocycles. The maximum Gasteiger partial charge on any atom is 0.266 e. The van der Waals surface area contributed by atoms with Crippen molar-refractivity contribution in [2.45, 2.75) is 19.1 Å². The molecule has 5 nitrogen and oxygen atoms in total. The molecule has 0 radical (unpaired) electrons. The molecule has 31 heavy (non-hydrogen) atoms. The molecule has 0 saturated carbocycles. The van der Waals surface area contributed by atoms with E-state index in [4.69, 9.17) is 28.0 Å². The number of carbonyl (C=O) groups excluding carboxylic acids is 2. The molecule has 3 aromatic carbocycles. The fourth-order valence-corrected chi connectivity index (χ4v) is 4.49. The van der Waals surface area contributed by atoms with E-state index in [-0.39, 0.29) is 5.91 Å². The van der Waals surface area contributed by atoms with Gasteiger partial charge in [-0.1, -0.05) is 59.6 Å². The minimum Gasteiger partial charge on any atom is -0.273 e. The SMILES string of the molecule is Cc1ccc(N2C(=O)[C@@H]3[C@H](ON(c4ccccc4)[C@@H]3c3ccc(Cl)cc3)C2=O)cc1Cl. The van der Waals surface area contributed by atoms with Crippen LogP contribution in [0, 0.1) is 12.8 Å². The number of fused-ring (bicyclic) bond motifs is 1. The van der Waals surface area contributed by atoms with Gasteiger partial charge < -0.3 is 0 Å². The first-order valence-electron chi connectivity index (χ1n) is 9.86. The first kappa shape index (κ1) is 20.1. The number of hydroxylamine groups is 1. The van der Waals surface area contributed by atoms with Gasteiger partial charge in [-0.05, 0) is 54.4 Å². The number of nitrogens with zero attached hydrogens (tertiary/aromatic N) is 2. The quantitative estimate of drug-likeness (QED) is 0.502. The second-order valence-corrected chi connectivity index (χ2v) is 8.50. The highest BCUT2D eigenvalue weighted by Crippen LogP contribution is 2.47. The number of rotatable bonds is 3. The predicted octanol–water partition coefficient (Wildman–Crippen LogP) is 5.35. The lowest BCUT2D eigenvalue weighted by Crippen LogP contribution is -2.37. The van der Waals surface area contributed by atoms with Crippen LogP contribution in [0.4, 0.5) is 11.4 Å². The Morgan fingerprint density at radius 1 is 0.839 bits per heavy atom. The number of imide groups is 1. The van der Waals surface area contributed by atoms with E-state index in [1.165, 1.54) is 4.90 Å². The van der Waals surface area contributed by atoms with Crippen molar-refractivity contribution in [2.75, 3.05) is 9.96 Å². The third kappa shape index (κ3) is 3.30. The standard InChI is InChI=1S/C24H18Cl2N2O3/c1-14-7-12-18(13-19(14)26)27-23(29)20-21(15-8-10-16(25)11-9-15)28(31-22(20)24(27)30)17-5-3-2-4-6-17/h2-13,20-22H,1H3/t20-,21+,22-/m0/s1. The molecule has 2 aliphatic rings. The Morgan fingerprint density at radius 2 is 1.55 bits per heavy atom. The summed E-state index contributed by atoms with van der Waals surface area (Å²) >= 11 is 12.3. The van der Waals surface area contributed by atoms with Crippen LogP contribution in [-0.4, -0.2) is 17.9 Å². The van der Waals surface area contributed by atoms with Gasteiger partial charge in [-0.2, -0.15) is 0 Å². The molecule has 3 aromatic rings. The first-order valence-corrected chi connectivity index (χ1v) is 10.6. The number of halogens is 2. The van der Waals surface area contributed by atoms with Crippen molar-refractivity contribution in [2.24, 2.45) is 5.92 Å². The maximum atomic E-state index is 13.6. The number of amides is 2. The molecule has 0 spiro atoms. The minimum absolute atomic E-state index is 0.312. The topological polar surface area (TPSA) is 49.9 Å². The molecule has 2 aliphatic heterocycles. The first-order chi connectivity index (χ1) is 15.0. The van der Waals surface area contributed by atoms with Crippen molar-refractivity contribution in [3.8, 4) is 0 Å². The molecule has 3 atom stereocenters. The van der Waals surface area contributed by atoms with E-state index >= 15 is 0 Å². The summed E-state index contributed by atoms with van der Waals surface area (Å²) in [6, 6.07) is 21.4. The zero-order valence-corrected chi connectivity index (χ0v) is 18.0. The molecule has 2 saturated heterocycles. The van der Waals surface area contributed by atoms with Crippen molar-refractivity contribution in [3.63, 3.8) is 0 Å². The summed E-state index contributed by atoms with van der Waals surface area (Å²) in [6.07, 6.45) is -0.923. The number of benzene rings is 3. The zero-order valence-electron chi connectivity index (χ0n) is 16.5. The fraction of sp³-hybridized carbons (Fsp3) is 0.167. The molecule has 0 N–H and O–H groups in total. The van der Waals surface area contributed by atoms with E-state index in [0.29, 0.717) is 15.7 Å². The summed E-state index contributed by atoms with van der Waals surface area (Å²) in [6.45, 7) is 1.87. The summed E-state index contributed by atoms with van der Waals surface area (Å²) in [7, 11) is 0. The van der Waals surface area contributed by atoms with Crippen molar-refractivity contribution in [1.82, 2.24) is 0 Å². The normalized spacial score (nSPS) is 22.9. The highest BCUT2D eigenvalue weighted by atomic mass is 35.5. The largest absolute Gasteiger partial charge is 0.273 e. The van der Waals surface area contributed by atoms with Gasteiger partial charge in [0.1, 0.15) is 5.92 Å². The minimum atomic E-state index is -0.923. The lowest BCUT2D eigenvalue weighted by Gasteiger charge is -2.28. The third-order valence-corrected chi connectivity index (χ3v) is 6.41. The monoisotopic (exact) mass is 452 g/mol. The molecule has 7 heteroatoms. The Hall–Kier alpha value is -2.86. The smallest absolute Gasteiger partial charge is 0.266 e. The van der Waals surface area contributed by atoms with Gasteiger partial charge in [-0.3, -0.25) is 14.4 Å².